The maximum atomic E-state index is 3.71. The van der Waals surface area contributed by atoms with Gasteiger partial charge in [0.1, 0.15) is 0 Å². The van der Waals surface area contributed by atoms with Crippen molar-refractivity contribution in [1.29, 1.82) is 0 Å². The maximum Gasteiger partial charge on any atom is 2.00 e. The zero-order chi connectivity index (χ0) is 15.0. The van der Waals surface area contributed by atoms with Crippen LogP contribution >= 0.6 is 0 Å². The van der Waals surface area contributed by atoms with E-state index in [2.05, 4.69) is 41.2 Å². The second kappa shape index (κ2) is 9.33. The molecule has 0 amide bonds. The van der Waals surface area contributed by atoms with Crippen LogP contribution in [-0.4, -0.2) is 79.9 Å². The number of tetrazole rings is 2. The van der Waals surface area contributed by atoms with E-state index >= 15 is 0 Å². The molecular formula is C14H10BaN8. The summed E-state index contributed by atoms with van der Waals surface area (Å²) in [5.41, 5.74) is 1.88. The van der Waals surface area contributed by atoms with Crippen molar-refractivity contribution in [2.45, 2.75) is 0 Å². The van der Waals surface area contributed by atoms with E-state index in [1.807, 2.05) is 60.7 Å². The van der Waals surface area contributed by atoms with Gasteiger partial charge in [0.25, 0.3) is 0 Å². The Morgan fingerprint density at radius 2 is 0.957 bits per heavy atom. The molecule has 2 heterocycles. The van der Waals surface area contributed by atoms with E-state index < -0.39 is 0 Å². The summed E-state index contributed by atoms with van der Waals surface area (Å²) in [6.07, 6.45) is 0. The molecular weight excluding hydrogens is 418 g/mol. The number of nitrogens with zero attached hydrogens (tertiary/aromatic N) is 8. The largest absolute Gasteiger partial charge is 2.00 e. The summed E-state index contributed by atoms with van der Waals surface area (Å²) in [4.78, 5) is 0. The fraction of sp³-hybridized carbons (Fsp3) is 0. The molecule has 4 rings (SSSR count). The number of aromatic nitrogens is 8. The van der Waals surface area contributed by atoms with Gasteiger partial charge in [-0.15, -0.1) is 0 Å². The normalized spacial score (nSPS) is 9.39. The molecule has 0 bridgehead atoms. The van der Waals surface area contributed by atoms with Gasteiger partial charge in [-0.3, -0.25) is 20.6 Å². The molecule has 8 nitrogen and oxygen atoms in total. The van der Waals surface area contributed by atoms with Gasteiger partial charge >= 0.3 is 48.9 Å². The summed E-state index contributed by atoms with van der Waals surface area (Å²) >= 11 is 0. The van der Waals surface area contributed by atoms with Gasteiger partial charge in [0.15, 0.2) is 0 Å². The van der Waals surface area contributed by atoms with Gasteiger partial charge in [-0.1, -0.05) is 60.7 Å². The molecule has 0 aliphatic rings. The van der Waals surface area contributed by atoms with E-state index in [0.717, 1.165) is 11.1 Å². The zero-order valence-corrected chi connectivity index (χ0v) is 16.5. The molecule has 0 saturated carbocycles. The molecule has 0 radical (unpaired) electrons. The van der Waals surface area contributed by atoms with Gasteiger partial charge in [-0.2, -0.15) is 10.4 Å². The van der Waals surface area contributed by atoms with E-state index in [0.29, 0.717) is 11.6 Å². The second-order valence-electron chi connectivity index (χ2n) is 4.14. The molecule has 2 aromatic heterocycles. The topological polar surface area (TPSA) is 106 Å². The van der Waals surface area contributed by atoms with E-state index in [1.54, 1.807) is 0 Å². The van der Waals surface area contributed by atoms with Crippen molar-refractivity contribution in [2.75, 3.05) is 0 Å². The van der Waals surface area contributed by atoms with Crippen LogP contribution in [0.25, 0.3) is 22.8 Å². The Bertz CT molecular complexity index is 703. The average Bonchev–Trinajstić information content (AvgIpc) is 3.31. The van der Waals surface area contributed by atoms with Crippen LogP contribution < -0.4 is 10.2 Å². The van der Waals surface area contributed by atoms with Gasteiger partial charge in [0.2, 0.25) is 0 Å². The Labute approximate surface area is 172 Å². The number of hydrogen-bond donors (Lipinski definition) is 0. The third kappa shape index (κ3) is 5.08. The minimum absolute atomic E-state index is 0. The minimum Gasteiger partial charge on any atom is -0.330 e. The Hall–Kier alpha value is -1.85. The van der Waals surface area contributed by atoms with E-state index in [4.69, 9.17) is 0 Å². The van der Waals surface area contributed by atoms with Crippen LogP contribution in [0.5, 0.6) is 0 Å². The SMILES string of the molecule is [Ba+2].c1ccc(-c2nnn[n-]2)cc1.c1ccc(-c2nnn[n-]2)cc1. The zero-order valence-electron chi connectivity index (χ0n) is 12.1. The maximum absolute atomic E-state index is 3.71. The van der Waals surface area contributed by atoms with Crippen LogP contribution in [0, 0.1) is 0 Å². The first kappa shape index (κ1) is 17.5. The molecule has 0 fully saturated rings. The van der Waals surface area contributed by atoms with Crippen molar-refractivity contribution in [3.05, 3.63) is 60.7 Å². The monoisotopic (exact) mass is 428 g/mol. The third-order valence-electron chi connectivity index (χ3n) is 2.70. The van der Waals surface area contributed by atoms with Gasteiger partial charge in [0.05, 0.1) is 0 Å². The number of rotatable bonds is 2. The van der Waals surface area contributed by atoms with Crippen LogP contribution in [0.3, 0.4) is 0 Å². The van der Waals surface area contributed by atoms with Crippen molar-refractivity contribution < 1.29 is 0 Å². The summed E-state index contributed by atoms with van der Waals surface area (Å²) in [5, 5.41) is 28.4. The Morgan fingerprint density at radius 1 is 0.565 bits per heavy atom. The predicted molar refractivity (Wildman–Crippen MR) is 82.9 cm³/mol. The standard InChI is InChI=1S/2C7H5N4.Ba/c2*1-2-4-6(5-3-1)7-8-10-11-9-7;/h2*1-5H;/q2*-1;+2. The first-order valence-electron chi connectivity index (χ1n) is 6.42. The van der Waals surface area contributed by atoms with Crippen LogP contribution in [-0.2, 0) is 0 Å². The van der Waals surface area contributed by atoms with Crippen LogP contribution in [0.15, 0.2) is 60.7 Å². The fourth-order valence-electron chi connectivity index (χ4n) is 1.69. The molecule has 0 unspecified atom stereocenters. The molecule has 9 heteroatoms. The summed E-state index contributed by atoms with van der Waals surface area (Å²) in [5.74, 6) is 1.15. The smallest absolute Gasteiger partial charge is 0.330 e. The fourth-order valence-corrected chi connectivity index (χ4v) is 1.69. The van der Waals surface area contributed by atoms with Gasteiger partial charge in [0, 0.05) is 11.6 Å². The van der Waals surface area contributed by atoms with Gasteiger partial charge in [-0.05, 0) is 11.1 Å². The molecule has 4 aromatic rings. The molecule has 108 valence electrons. The molecule has 0 N–H and O–H groups in total. The van der Waals surface area contributed by atoms with Gasteiger partial charge < -0.3 is 10.2 Å². The van der Waals surface area contributed by atoms with Crippen LogP contribution in [0.4, 0.5) is 0 Å². The van der Waals surface area contributed by atoms with Crippen molar-refractivity contribution in [3.63, 3.8) is 0 Å². The number of hydrogen-bond acceptors (Lipinski definition) is 6. The van der Waals surface area contributed by atoms with Crippen LogP contribution in [0.1, 0.15) is 0 Å². The van der Waals surface area contributed by atoms with Crippen molar-refractivity contribution in [1.82, 2.24) is 41.2 Å². The molecule has 0 saturated heterocycles. The van der Waals surface area contributed by atoms with E-state index in [9.17, 15) is 0 Å². The van der Waals surface area contributed by atoms with Crippen LogP contribution in [0.2, 0.25) is 0 Å². The second-order valence-corrected chi connectivity index (χ2v) is 4.14. The molecule has 0 aliphatic heterocycles. The molecule has 0 atom stereocenters. The van der Waals surface area contributed by atoms with Crippen molar-refractivity contribution in [2.24, 2.45) is 0 Å². The molecule has 23 heavy (non-hydrogen) atoms. The molecule has 0 aliphatic carbocycles. The Balaban J connectivity index is 0.000000160. The van der Waals surface area contributed by atoms with Gasteiger partial charge in [-0.25, -0.2) is 0 Å². The van der Waals surface area contributed by atoms with E-state index in [-0.39, 0.29) is 48.9 Å². The summed E-state index contributed by atoms with van der Waals surface area (Å²) < 4.78 is 0. The summed E-state index contributed by atoms with van der Waals surface area (Å²) in [6.45, 7) is 0. The van der Waals surface area contributed by atoms with Crippen molar-refractivity contribution in [3.8, 4) is 22.8 Å². The minimum atomic E-state index is 0. The Morgan fingerprint density at radius 3 is 1.26 bits per heavy atom. The molecule has 2 aromatic carbocycles. The molecule has 0 spiro atoms. The quantitative estimate of drug-likeness (QED) is 0.429. The average molecular weight is 428 g/mol. The predicted octanol–water partition coefficient (Wildman–Crippen LogP) is 0.611. The third-order valence-corrected chi connectivity index (χ3v) is 2.70. The van der Waals surface area contributed by atoms with Crippen molar-refractivity contribution >= 4 is 48.9 Å². The summed E-state index contributed by atoms with van der Waals surface area (Å²) in [7, 11) is 0. The first-order valence-corrected chi connectivity index (χ1v) is 6.42. The first-order chi connectivity index (χ1) is 10.9. The number of benzene rings is 2. The summed E-state index contributed by atoms with van der Waals surface area (Å²) in [6, 6.07) is 19.2. The Kier molecular flexibility index (Phi) is 7.10. The van der Waals surface area contributed by atoms with E-state index in [1.165, 1.54) is 0 Å².